The number of fused-ring (bicyclic) bond motifs is 1. The van der Waals surface area contributed by atoms with E-state index < -0.39 is 22.4 Å². The van der Waals surface area contributed by atoms with Crippen LogP contribution in [0.3, 0.4) is 0 Å². The number of rotatable bonds is 5. The molecule has 1 amide bonds. The molecule has 1 N–H and O–H groups in total. The first-order valence-electron chi connectivity index (χ1n) is 12.8. The number of allylic oxidation sites excluding steroid dienone is 1. The zero-order valence-corrected chi connectivity index (χ0v) is 21.8. The summed E-state index contributed by atoms with van der Waals surface area (Å²) in [6.45, 7) is 2.51. The van der Waals surface area contributed by atoms with Crippen molar-refractivity contribution in [3.05, 3.63) is 111 Å². The SMILES string of the molecule is CC1=C(C(=O)N2CCC(O)(c3ccc(Cl)c(C(F)(F)F)c3)CC2)c2ccccc2C1CCc1ccccc1. The Morgan fingerprint density at radius 1 is 1.03 bits per heavy atom. The molecule has 2 aliphatic rings. The molecular formula is C31H29ClF3NO2. The number of piperidine rings is 1. The van der Waals surface area contributed by atoms with Crippen LogP contribution in [-0.4, -0.2) is 29.0 Å². The van der Waals surface area contributed by atoms with Crippen LogP contribution in [0.5, 0.6) is 0 Å². The van der Waals surface area contributed by atoms with Crippen molar-refractivity contribution in [3.8, 4) is 0 Å². The maximum absolute atomic E-state index is 13.8. The first-order valence-corrected chi connectivity index (χ1v) is 13.2. The molecule has 0 aromatic heterocycles. The first-order chi connectivity index (χ1) is 18.1. The van der Waals surface area contributed by atoms with Crippen molar-refractivity contribution in [1.29, 1.82) is 0 Å². The quantitative estimate of drug-likeness (QED) is 0.367. The molecule has 1 atom stereocenters. The highest BCUT2D eigenvalue weighted by atomic mass is 35.5. The summed E-state index contributed by atoms with van der Waals surface area (Å²) in [5, 5.41) is 10.9. The molecule has 3 nitrogen and oxygen atoms in total. The third-order valence-electron chi connectivity index (χ3n) is 7.99. The minimum atomic E-state index is -4.61. The number of nitrogens with zero attached hydrogens (tertiary/aromatic N) is 1. The van der Waals surface area contributed by atoms with E-state index in [9.17, 15) is 23.1 Å². The van der Waals surface area contributed by atoms with Gasteiger partial charge in [-0.15, -0.1) is 0 Å². The Labute approximate surface area is 225 Å². The van der Waals surface area contributed by atoms with E-state index in [0.717, 1.165) is 35.6 Å². The molecule has 3 aromatic rings. The number of benzene rings is 3. The number of carbonyl (C=O) groups excluding carboxylic acids is 1. The van der Waals surface area contributed by atoms with Crippen LogP contribution < -0.4 is 0 Å². The van der Waals surface area contributed by atoms with E-state index in [4.69, 9.17) is 11.6 Å². The third kappa shape index (κ3) is 4.99. The lowest BCUT2D eigenvalue weighted by atomic mass is 9.83. The fourth-order valence-electron chi connectivity index (χ4n) is 5.82. The van der Waals surface area contributed by atoms with Gasteiger partial charge < -0.3 is 10.0 Å². The van der Waals surface area contributed by atoms with Gasteiger partial charge in [0.1, 0.15) is 0 Å². The Hall–Kier alpha value is -3.09. The van der Waals surface area contributed by atoms with Crippen LogP contribution in [0.15, 0.2) is 78.4 Å². The van der Waals surface area contributed by atoms with Crippen LogP contribution in [0, 0.1) is 0 Å². The Morgan fingerprint density at radius 2 is 1.68 bits per heavy atom. The Balaban J connectivity index is 1.34. The minimum Gasteiger partial charge on any atom is -0.385 e. The number of likely N-dealkylation sites (tertiary alicyclic amines) is 1. The molecule has 1 heterocycles. The van der Waals surface area contributed by atoms with Crippen molar-refractivity contribution in [2.75, 3.05) is 13.1 Å². The van der Waals surface area contributed by atoms with Gasteiger partial charge in [-0.2, -0.15) is 13.2 Å². The summed E-state index contributed by atoms with van der Waals surface area (Å²) in [6, 6.07) is 21.8. The number of amides is 1. The Bertz CT molecular complexity index is 1380. The summed E-state index contributed by atoms with van der Waals surface area (Å²) in [4.78, 5) is 15.5. The summed E-state index contributed by atoms with van der Waals surface area (Å²) in [5.41, 5.74) is 2.84. The first kappa shape index (κ1) is 26.5. The van der Waals surface area contributed by atoms with E-state index in [2.05, 4.69) is 18.2 Å². The molecule has 1 aliphatic carbocycles. The van der Waals surface area contributed by atoms with E-state index in [0.29, 0.717) is 5.57 Å². The Morgan fingerprint density at radius 3 is 2.37 bits per heavy atom. The molecule has 1 unspecified atom stereocenters. The number of carbonyl (C=O) groups is 1. The second kappa shape index (κ2) is 10.2. The fraction of sp³-hybridized carbons (Fsp3) is 0.323. The molecule has 1 aliphatic heterocycles. The van der Waals surface area contributed by atoms with Crippen LogP contribution in [0.1, 0.15) is 59.9 Å². The highest BCUT2D eigenvalue weighted by molar-refractivity contribution is 6.31. The van der Waals surface area contributed by atoms with Gasteiger partial charge in [0.25, 0.3) is 5.91 Å². The summed E-state index contributed by atoms with van der Waals surface area (Å²) in [6.07, 6.45) is -2.54. The predicted octanol–water partition coefficient (Wildman–Crippen LogP) is 7.37. The molecule has 1 saturated heterocycles. The monoisotopic (exact) mass is 539 g/mol. The molecule has 1 fully saturated rings. The number of hydrogen-bond donors (Lipinski definition) is 1. The van der Waals surface area contributed by atoms with E-state index in [1.54, 1.807) is 4.90 Å². The van der Waals surface area contributed by atoms with Crippen LogP contribution in [0.2, 0.25) is 5.02 Å². The Kier molecular flexibility index (Phi) is 7.14. The summed E-state index contributed by atoms with van der Waals surface area (Å²) < 4.78 is 40.1. The second-order valence-corrected chi connectivity index (χ2v) is 10.6. The van der Waals surface area contributed by atoms with Gasteiger partial charge in [0.15, 0.2) is 0 Å². The standard InChI is InChI=1S/C31H29ClF3NO2/c1-20-23(13-11-21-7-3-2-4-8-21)24-9-5-6-10-25(24)28(20)29(37)36-17-15-30(38,16-18-36)22-12-14-27(32)26(19-22)31(33,34)35/h2-10,12,14,19,23,38H,11,13,15-18H2,1H3. The maximum Gasteiger partial charge on any atom is 0.417 e. The highest BCUT2D eigenvalue weighted by Gasteiger charge is 2.41. The molecule has 3 aromatic carbocycles. The lowest BCUT2D eigenvalue weighted by Gasteiger charge is -2.39. The summed E-state index contributed by atoms with van der Waals surface area (Å²) in [5.74, 6) is 0.0493. The number of aliphatic hydroxyl groups is 1. The molecule has 38 heavy (non-hydrogen) atoms. The summed E-state index contributed by atoms with van der Waals surface area (Å²) in [7, 11) is 0. The molecule has 0 radical (unpaired) electrons. The molecule has 0 spiro atoms. The average molecular weight is 540 g/mol. The van der Waals surface area contributed by atoms with E-state index in [-0.39, 0.29) is 43.3 Å². The zero-order valence-electron chi connectivity index (χ0n) is 21.1. The predicted molar refractivity (Wildman–Crippen MR) is 143 cm³/mol. The molecule has 7 heteroatoms. The molecule has 0 saturated carbocycles. The van der Waals surface area contributed by atoms with Crippen molar-refractivity contribution in [3.63, 3.8) is 0 Å². The van der Waals surface area contributed by atoms with Crippen molar-refractivity contribution in [2.24, 2.45) is 0 Å². The average Bonchev–Trinajstić information content (AvgIpc) is 3.18. The third-order valence-corrected chi connectivity index (χ3v) is 8.32. The van der Waals surface area contributed by atoms with Gasteiger partial charge in [-0.25, -0.2) is 0 Å². The molecular weight excluding hydrogens is 511 g/mol. The van der Waals surface area contributed by atoms with Gasteiger partial charge >= 0.3 is 6.18 Å². The van der Waals surface area contributed by atoms with Gasteiger partial charge in [-0.1, -0.05) is 77.8 Å². The van der Waals surface area contributed by atoms with Crippen LogP contribution in [0.4, 0.5) is 13.2 Å². The fourth-order valence-corrected chi connectivity index (χ4v) is 6.04. The van der Waals surface area contributed by atoms with Gasteiger partial charge in [0.05, 0.1) is 16.2 Å². The topological polar surface area (TPSA) is 40.5 Å². The zero-order chi connectivity index (χ0) is 27.1. The highest BCUT2D eigenvalue weighted by Crippen LogP contribution is 2.46. The van der Waals surface area contributed by atoms with Crippen molar-refractivity contribution in [2.45, 2.75) is 50.3 Å². The lowest BCUT2D eigenvalue weighted by Crippen LogP contribution is -2.45. The van der Waals surface area contributed by atoms with Crippen LogP contribution >= 0.6 is 11.6 Å². The normalized spacial score (nSPS) is 19.0. The molecule has 198 valence electrons. The number of aryl methyl sites for hydroxylation is 1. The molecule has 0 bridgehead atoms. The van der Waals surface area contributed by atoms with Crippen LogP contribution in [-0.2, 0) is 23.0 Å². The largest absolute Gasteiger partial charge is 0.417 e. The van der Waals surface area contributed by atoms with Crippen molar-refractivity contribution < 1.29 is 23.1 Å². The van der Waals surface area contributed by atoms with E-state index in [1.807, 2.05) is 43.3 Å². The smallest absolute Gasteiger partial charge is 0.385 e. The van der Waals surface area contributed by atoms with Crippen molar-refractivity contribution >= 4 is 23.1 Å². The van der Waals surface area contributed by atoms with E-state index in [1.165, 1.54) is 17.7 Å². The summed E-state index contributed by atoms with van der Waals surface area (Å²) >= 11 is 5.77. The number of halogens is 4. The minimum absolute atomic E-state index is 0.0914. The lowest BCUT2D eigenvalue weighted by molar-refractivity contribution is -0.137. The number of alkyl halides is 3. The number of hydrogen-bond acceptors (Lipinski definition) is 2. The van der Waals surface area contributed by atoms with Gasteiger partial charge in [0.2, 0.25) is 0 Å². The van der Waals surface area contributed by atoms with Gasteiger partial charge in [-0.3, -0.25) is 4.79 Å². The van der Waals surface area contributed by atoms with Crippen LogP contribution in [0.25, 0.3) is 5.57 Å². The van der Waals surface area contributed by atoms with E-state index >= 15 is 0 Å². The van der Waals surface area contributed by atoms with Crippen molar-refractivity contribution in [1.82, 2.24) is 4.90 Å². The second-order valence-electron chi connectivity index (χ2n) is 10.2. The van der Waals surface area contributed by atoms with Gasteiger partial charge in [0, 0.05) is 24.6 Å². The molecule has 5 rings (SSSR count). The maximum atomic E-state index is 13.8. The van der Waals surface area contributed by atoms with Gasteiger partial charge in [-0.05, 0) is 67.0 Å².